The van der Waals surface area contributed by atoms with Gasteiger partial charge in [-0.25, -0.2) is 8.42 Å². The maximum atomic E-state index is 11.9. The first kappa shape index (κ1) is 14.0. The summed E-state index contributed by atoms with van der Waals surface area (Å²) in [5.41, 5.74) is 0. The van der Waals surface area contributed by atoms with E-state index in [0.717, 1.165) is 0 Å². The van der Waals surface area contributed by atoms with Crippen molar-refractivity contribution in [2.24, 2.45) is 0 Å². The lowest BCUT2D eigenvalue weighted by Gasteiger charge is -2.11. The molecule has 1 aliphatic heterocycles. The van der Waals surface area contributed by atoms with Crippen LogP contribution in [0.3, 0.4) is 0 Å². The summed E-state index contributed by atoms with van der Waals surface area (Å²) in [6, 6.07) is 0. The molecule has 0 radical (unpaired) electrons. The highest BCUT2D eigenvalue weighted by atomic mass is 32.2. The Morgan fingerprint density at radius 3 is 1.65 bits per heavy atom. The largest absolute Gasteiger partial charge is 0.465 e. The summed E-state index contributed by atoms with van der Waals surface area (Å²) in [6.07, 6.45) is 0.231. The molecule has 2 unspecified atom stereocenters. The summed E-state index contributed by atoms with van der Waals surface area (Å²) >= 11 is 0. The molecule has 1 saturated heterocycles. The Balaban J connectivity index is 2.83. The lowest BCUT2D eigenvalue weighted by Crippen LogP contribution is -2.35. The molecule has 0 bridgehead atoms. The lowest BCUT2D eigenvalue weighted by molar-refractivity contribution is -0.143. The Morgan fingerprint density at radius 2 is 1.35 bits per heavy atom. The number of hydrogen-bond acceptors (Lipinski definition) is 6. The molecular weight excluding hydrogens is 248 g/mol. The molecule has 6 nitrogen and oxygen atoms in total. The summed E-state index contributed by atoms with van der Waals surface area (Å²) in [5, 5.41) is -2.45. The van der Waals surface area contributed by atoms with Crippen molar-refractivity contribution in [3.8, 4) is 0 Å². The van der Waals surface area contributed by atoms with Gasteiger partial charge in [-0.15, -0.1) is 0 Å². The van der Waals surface area contributed by atoms with Gasteiger partial charge in [0, 0.05) is 0 Å². The first-order chi connectivity index (χ1) is 7.95. The Labute approximate surface area is 100 Å². The van der Waals surface area contributed by atoms with Crippen LogP contribution in [0.15, 0.2) is 0 Å². The fourth-order valence-corrected chi connectivity index (χ4v) is 3.80. The molecule has 0 aromatic rings. The molecule has 0 aliphatic carbocycles. The quantitative estimate of drug-likeness (QED) is 0.667. The van der Waals surface area contributed by atoms with E-state index < -0.39 is 32.3 Å². The van der Waals surface area contributed by atoms with Crippen molar-refractivity contribution in [2.45, 2.75) is 37.2 Å². The van der Waals surface area contributed by atoms with Gasteiger partial charge < -0.3 is 9.47 Å². The molecular formula is C10H16O6S. The van der Waals surface area contributed by atoms with Gasteiger partial charge in [0.25, 0.3) is 0 Å². The van der Waals surface area contributed by atoms with Gasteiger partial charge in [0.2, 0.25) is 0 Å². The smallest absolute Gasteiger partial charge is 0.324 e. The summed E-state index contributed by atoms with van der Waals surface area (Å²) in [5.74, 6) is -1.56. The van der Waals surface area contributed by atoms with E-state index >= 15 is 0 Å². The topological polar surface area (TPSA) is 86.7 Å². The van der Waals surface area contributed by atoms with Gasteiger partial charge in [-0.05, 0) is 26.7 Å². The van der Waals surface area contributed by atoms with Gasteiger partial charge in [-0.3, -0.25) is 9.59 Å². The summed E-state index contributed by atoms with van der Waals surface area (Å²) in [6.45, 7) is 3.44. The predicted octanol–water partition coefficient (Wildman–Crippen LogP) is 0.0584. The molecule has 98 valence electrons. The van der Waals surface area contributed by atoms with E-state index in [1.807, 2.05) is 0 Å². The highest BCUT2D eigenvalue weighted by Crippen LogP contribution is 2.29. The van der Waals surface area contributed by atoms with Crippen LogP contribution in [0, 0.1) is 0 Å². The minimum absolute atomic E-state index is 0.116. The minimum atomic E-state index is -3.82. The van der Waals surface area contributed by atoms with Crippen LogP contribution in [-0.4, -0.2) is 44.1 Å². The highest BCUT2D eigenvalue weighted by molar-refractivity contribution is 7.94. The number of ether oxygens (including phenoxy) is 2. The number of sulfone groups is 1. The third kappa shape index (κ3) is 2.77. The van der Waals surface area contributed by atoms with Crippen LogP contribution < -0.4 is 0 Å². The van der Waals surface area contributed by atoms with Crippen molar-refractivity contribution in [2.75, 3.05) is 13.2 Å². The van der Waals surface area contributed by atoms with Gasteiger partial charge in [0.05, 0.1) is 13.2 Å². The molecule has 0 aromatic heterocycles. The molecule has 7 heteroatoms. The molecule has 0 N–H and O–H groups in total. The molecule has 17 heavy (non-hydrogen) atoms. The molecule has 1 fully saturated rings. The fourth-order valence-electron chi connectivity index (χ4n) is 1.80. The normalized spacial score (nSPS) is 26.5. The monoisotopic (exact) mass is 264 g/mol. The zero-order valence-electron chi connectivity index (χ0n) is 9.84. The van der Waals surface area contributed by atoms with Crippen molar-refractivity contribution in [3.05, 3.63) is 0 Å². The van der Waals surface area contributed by atoms with Crippen LogP contribution in [0.25, 0.3) is 0 Å². The van der Waals surface area contributed by atoms with Crippen molar-refractivity contribution >= 4 is 21.8 Å². The second-order valence-electron chi connectivity index (χ2n) is 3.65. The number of hydrogen-bond donors (Lipinski definition) is 0. The standard InChI is InChI=1S/C10H16O6S/c1-3-15-9(11)7-5-6-8(17(7,13)14)10(12)16-4-2/h7-8H,3-6H2,1-2H3. The highest BCUT2D eigenvalue weighted by Gasteiger charge is 2.49. The van der Waals surface area contributed by atoms with Gasteiger partial charge in [0.15, 0.2) is 20.3 Å². The fraction of sp³-hybridized carbons (Fsp3) is 0.800. The molecule has 1 aliphatic rings. The van der Waals surface area contributed by atoms with Crippen LogP contribution in [0.2, 0.25) is 0 Å². The van der Waals surface area contributed by atoms with Crippen molar-refractivity contribution < 1.29 is 27.5 Å². The van der Waals surface area contributed by atoms with Gasteiger partial charge in [-0.2, -0.15) is 0 Å². The van der Waals surface area contributed by atoms with Crippen LogP contribution >= 0.6 is 0 Å². The summed E-state index contributed by atoms with van der Waals surface area (Å²) in [7, 11) is -3.82. The van der Waals surface area contributed by atoms with E-state index in [1.165, 1.54) is 0 Å². The number of carbonyl (C=O) groups is 2. The van der Waals surface area contributed by atoms with Crippen LogP contribution in [0.1, 0.15) is 26.7 Å². The van der Waals surface area contributed by atoms with Crippen LogP contribution in [0.4, 0.5) is 0 Å². The molecule has 0 amide bonds. The maximum Gasteiger partial charge on any atom is 0.324 e. The Bertz CT molecular complexity index is 367. The van der Waals surface area contributed by atoms with Crippen molar-refractivity contribution in [3.63, 3.8) is 0 Å². The van der Waals surface area contributed by atoms with E-state index in [1.54, 1.807) is 13.8 Å². The third-order valence-electron chi connectivity index (χ3n) is 2.58. The average molecular weight is 264 g/mol. The molecule has 0 aromatic carbocycles. The zero-order chi connectivity index (χ0) is 13.1. The lowest BCUT2D eigenvalue weighted by atomic mass is 10.2. The van der Waals surface area contributed by atoms with Crippen molar-refractivity contribution in [1.82, 2.24) is 0 Å². The Kier molecular flexibility index (Phi) is 4.50. The van der Waals surface area contributed by atoms with Gasteiger partial charge in [0.1, 0.15) is 0 Å². The first-order valence-electron chi connectivity index (χ1n) is 5.51. The SMILES string of the molecule is CCOC(=O)C1CCC(C(=O)OCC)S1(=O)=O. The molecule has 0 saturated carbocycles. The number of rotatable bonds is 4. The molecule has 1 rings (SSSR count). The second-order valence-corrected chi connectivity index (χ2v) is 5.96. The maximum absolute atomic E-state index is 11.9. The summed E-state index contributed by atoms with van der Waals surface area (Å²) < 4.78 is 33.2. The van der Waals surface area contributed by atoms with E-state index in [9.17, 15) is 18.0 Å². The Hall–Kier alpha value is -1.11. The minimum Gasteiger partial charge on any atom is -0.465 e. The molecule has 0 spiro atoms. The predicted molar refractivity (Wildman–Crippen MR) is 59.0 cm³/mol. The number of esters is 2. The second kappa shape index (κ2) is 5.48. The molecule has 2 atom stereocenters. The van der Waals surface area contributed by atoms with Gasteiger partial charge >= 0.3 is 11.9 Å². The molecule has 1 heterocycles. The van der Waals surface area contributed by atoms with E-state index in [0.29, 0.717) is 0 Å². The first-order valence-corrected chi connectivity index (χ1v) is 7.12. The van der Waals surface area contributed by atoms with Crippen LogP contribution in [-0.2, 0) is 28.9 Å². The average Bonchev–Trinajstić information content (AvgIpc) is 2.54. The van der Waals surface area contributed by atoms with E-state index in [4.69, 9.17) is 0 Å². The number of carbonyl (C=O) groups excluding carboxylic acids is 2. The summed E-state index contributed by atoms with van der Waals surface area (Å²) in [4.78, 5) is 22.9. The van der Waals surface area contributed by atoms with E-state index in [2.05, 4.69) is 9.47 Å². The third-order valence-corrected chi connectivity index (χ3v) is 5.03. The van der Waals surface area contributed by atoms with E-state index in [-0.39, 0.29) is 26.1 Å². The Morgan fingerprint density at radius 1 is 1.00 bits per heavy atom. The van der Waals surface area contributed by atoms with Crippen LogP contribution in [0.5, 0.6) is 0 Å². The zero-order valence-corrected chi connectivity index (χ0v) is 10.7. The van der Waals surface area contributed by atoms with Gasteiger partial charge in [-0.1, -0.05) is 0 Å². The van der Waals surface area contributed by atoms with Crippen molar-refractivity contribution in [1.29, 1.82) is 0 Å².